The lowest BCUT2D eigenvalue weighted by molar-refractivity contribution is 0.217. The van der Waals surface area contributed by atoms with Crippen molar-refractivity contribution in [1.82, 2.24) is 9.88 Å². The summed E-state index contributed by atoms with van der Waals surface area (Å²) in [6.07, 6.45) is 3.03. The van der Waals surface area contributed by atoms with Crippen molar-refractivity contribution in [2.45, 2.75) is 6.42 Å². The van der Waals surface area contributed by atoms with Gasteiger partial charge in [0.2, 0.25) is 0 Å². The van der Waals surface area contributed by atoms with Crippen molar-refractivity contribution >= 4 is 22.6 Å². The minimum Gasteiger partial charge on any atom is -0.494 e. The number of methoxy groups -OCH3 is 1. The summed E-state index contributed by atoms with van der Waals surface area (Å²) < 4.78 is 5.37. The predicted octanol–water partition coefficient (Wildman–Crippen LogP) is 2.73. The van der Waals surface area contributed by atoms with Gasteiger partial charge in [-0.05, 0) is 30.4 Å². The molecule has 1 aromatic heterocycles. The molecule has 2 heterocycles. The van der Waals surface area contributed by atoms with Crippen LogP contribution in [-0.2, 0) is 0 Å². The first-order valence-corrected chi connectivity index (χ1v) is 7.23. The van der Waals surface area contributed by atoms with Crippen molar-refractivity contribution in [3.63, 3.8) is 0 Å². The number of aromatic nitrogens is 1. The van der Waals surface area contributed by atoms with Crippen molar-refractivity contribution in [2.75, 3.05) is 25.5 Å². The van der Waals surface area contributed by atoms with Gasteiger partial charge in [-0.15, -0.1) is 0 Å². The summed E-state index contributed by atoms with van der Waals surface area (Å²) >= 11 is 0. The molecule has 1 saturated heterocycles. The van der Waals surface area contributed by atoms with Crippen molar-refractivity contribution in [3.05, 3.63) is 30.5 Å². The van der Waals surface area contributed by atoms with E-state index < -0.39 is 0 Å². The maximum absolute atomic E-state index is 12.3. The lowest BCUT2D eigenvalue weighted by Gasteiger charge is -2.19. The number of carbonyl (C=O) groups is 1. The van der Waals surface area contributed by atoms with Crippen molar-refractivity contribution in [2.24, 2.45) is 11.8 Å². The van der Waals surface area contributed by atoms with E-state index in [0.717, 1.165) is 41.5 Å². The third kappa shape index (κ3) is 2.18. The average molecular weight is 283 g/mol. The molecule has 0 spiro atoms. The van der Waals surface area contributed by atoms with Crippen molar-refractivity contribution < 1.29 is 9.53 Å². The van der Waals surface area contributed by atoms with E-state index in [-0.39, 0.29) is 6.03 Å². The van der Waals surface area contributed by atoms with Gasteiger partial charge in [0.05, 0.1) is 7.11 Å². The van der Waals surface area contributed by atoms with Crippen LogP contribution in [0.3, 0.4) is 0 Å². The highest BCUT2D eigenvalue weighted by Gasteiger charge is 2.46. The summed E-state index contributed by atoms with van der Waals surface area (Å²) in [5.41, 5.74) is 1.55. The molecular weight excluding hydrogens is 266 g/mol. The Kier molecular flexibility index (Phi) is 2.74. The molecule has 4 rings (SSSR count). The van der Waals surface area contributed by atoms with Crippen molar-refractivity contribution in [3.8, 4) is 5.75 Å². The molecule has 0 bridgehead atoms. The Balaban J connectivity index is 1.59. The van der Waals surface area contributed by atoms with E-state index in [4.69, 9.17) is 4.74 Å². The van der Waals surface area contributed by atoms with E-state index in [1.165, 1.54) is 6.42 Å². The number of benzene rings is 1. The lowest BCUT2D eigenvalue weighted by atomic mass is 10.2. The molecule has 0 radical (unpaired) electrons. The van der Waals surface area contributed by atoms with Crippen LogP contribution in [0.15, 0.2) is 30.5 Å². The van der Waals surface area contributed by atoms with Crippen LogP contribution in [0.5, 0.6) is 5.75 Å². The number of anilines is 1. The molecule has 2 aromatic rings. The third-order valence-electron chi connectivity index (χ3n) is 4.41. The molecule has 2 unspecified atom stereocenters. The van der Waals surface area contributed by atoms with E-state index in [0.29, 0.717) is 5.75 Å². The van der Waals surface area contributed by atoms with Gasteiger partial charge in [-0.1, -0.05) is 6.07 Å². The standard InChI is InChI=1S/C16H17N3O2/c1-21-14-7-13(6-10-3-2-4-17-15(10)14)18-16(20)19-8-11-5-12(11)9-19/h2-4,6-7,11-12H,5,8-9H2,1H3,(H,18,20). The number of amides is 2. The Hall–Kier alpha value is -2.30. The van der Waals surface area contributed by atoms with Gasteiger partial charge in [0.25, 0.3) is 0 Å². The predicted molar refractivity (Wildman–Crippen MR) is 80.5 cm³/mol. The first-order chi connectivity index (χ1) is 10.2. The normalized spacial score (nSPS) is 23.0. The molecule has 2 atom stereocenters. The number of nitrogens with zero attached hydrogens (tertiary/aromatic N) is 2. The second-order valence-electron chi connectivity index (χ2n) is 5.84. The molecule has 1 aliphatic carbocycles. The number of piperidine rings is 1. The number of nitrogens with one attached hydrogen (secondary N) is 1. The number of rotatable bonds is 2. The SMILES string of the molecule is COc1cc(NC(=O)N2CC3CC3C2)cc2cccnc12. The van der Waals surface area contributed by atoms with E-state index in [9.17, 15) is 4.79 Å². The fourth-order valence-corrected chi connectivity index (χ4v) is 3.15. The fourth-order valence-electron chi connectivity index (χ4n) is 3.15. The van der Waals surface area contributed by atoms with Gasteiger partial charge in [-0.2, -0.15) is 0 Å². The monoisotopic (exact) mass is 283 g/mol. The number of pyridine rings is 1. The highest BCUT2D eigenvalue weighted by atomic mass is 16.5. The maximum Gasteiger partial charge on any atom is 0.321 e. The van der Waals surface area contributed by atoms with Crippen LogP contribution < -0.4 is 10.1 Å². The fraction of sp³-hybridized carbons (Fsp3) is 0.375. The Labute approximate surface area is 122 Å². The maximum atomic E-state index is 12.3. The summed E-state index contributed by atoms with van der Waals surface area (Å²) in [6.45, 7) is 1.78. The zero-order valence-electron chi connectivity index (χ0n) is 11.9. The van der Waals surface area contributed by atoms with Crippen LogP contribution in [0.1, 0.15) is 6.42 Å². The minimum absolute atomic E-state index is 0.0208. The molecule has 1 N–H and O–H groups in total. The Morgan fingerprint density at radius 2 is 2.19 bits per heavy atom. The molecule has 21 heavy (non-hydrogen) atoms. The van der Waals surface area contributed by atoms with Gasteiger partial charge in [0.15, 0.2) is 0 Å². The Bertz CT molecular complexity index is 706. The second-order valence-corrected chi connectivity index (χ2v) is 5.84. The summed E-state index contributed by atoms with van der Waals surface area (Å²) in [5.74, 6) is 2.16. The molecule has 108 valence electrons. The number of urea groups is 1. The Morgan fingerprint density at radius 3 is 2.95 bits per heavy atom. The molecule has 1 aliphatic heterocycles. The summed E-state index contributed by atoms with van der Waals surface area (Å²) in [4.78, 5) is 18.5. The number of fused-ring (bicyclic) bond motifs is 2. The average Bonchev–Trinajstić information content (AvgIpc) is 3.12. The number of hydrogen-bond donors (Lipinski definition) is 1. The first kappa shape index (κ1) is 12.4. The Morgan fingerprint density at radius 1 is 1.38 bits per heavy atom. The highest BCUT2D eigenvalue weighted by molar-refractivity contribution is 5.95. The van der Waals surface area contributed by atoms with E-state index in [1.54, 1.807) is 13.3 Å². The topological polar surface area (TPSA) is 54.5 Å². The van der Waals surface area contributed by atoms with E-state index in [2.05, 4.69) is 10.3 Å². The van der Waals surface area contributed by atoms with Crippen molar-refractivity contribution in [1.29, 1.82) is 0 Å². The third-order valence-corrected chi connectivity index (χ3v) is 4.41. The van der Waals surface area contributed by atoms with Crippen LogP contribution in [-0.4, -0.2) is 36.1 Å². The molecular formula is C16H17N3O2. The van der Waals surface area contributed by atoms with Crippen LogP contribution in [0.25, 0.3) is 10.9 Å². The lowest BCUT2D eigenvalue weighted by Crippen LogP contribution is -2.34. The first-order valence-electron chi connectivity index (χ1n) is 7.23. The second kappa shape index (κ2) is 4.62. The molecule has 1 saturated carbocycles. The number of ether oxygens (including phenoxy) is 1. The van der Waals surface area contributed by atoms with E-state index in [1.807, 2.05) is 29.2 Å². The molecule has 2 amide bonds. The minimum atomic E-state index is -0.0208. The number of hydrogen-bond acceptors (Lipinski definition) is 3. The van der Waals surface area contributed by atoms with Gasteiger partial charge in [0.1, 0.15) is 11.3 Å². The van der Waals surface area contributed by atoms with Crippen LogP contribution >= 0.6 is 0 Å². The van der Waals surface area contributed by atoms with Gasteiger partial charge in [-0.3, -0.25) is 4.98 Å². The number of likely N-dealkylation sites (tertiary alicyclic amines) is 1. The molecule has 1 aromatic carbocycles. The van der Waals surface area contributed by atoms with Gasteiger partial charge < -0.3 is 15.0 Å². The molecule has 2 fully saturated rings. The van der Waals surface area contributed by atoms with E-state index >= 15 is 0 Å². The van der Waals surface area contributed by atoms with Gasteiger partial charge in [-0.25, -0.2) is 4.79 Å². The van der Waals surface area contributed by atoms with Gasteiger partial charge in [0, 0.05) is 36.4 Å². The zero-order chi connectivity index (χ0) is 14.4. The molecule has 2 aliphatic rings. The molecule has 5 nitrogen and oxygen atoms in total. The molecule has 5 heteroatoms. The largest absolute Gasteiger partial charge is 0.494 e. The summed E-state index contributed by atoms with van der Waals surface area (Å²) in [7, 11) is 1.61. The quantitative estimate of drug-likeness (QED) is 0.922. The summed E-state index contributed by atoms with van der Waals surface area (Å²) in [6, 6.07) is 7.57. The smallest absolute Gasteiger partial charge is 0.321 e. The highest BCUT2D eigenvalue weighted by Crippen LogP contribution is 2.45. The van der Waals surface area contributed by atoms with Crippen LogP contribution in [0.4, 0.5) is 10.5 Å². The van der Waals surface area contributed by atoms with Gasteiger partial charge >= 0.3 is 6.03 Å². The van der Waals surface area contributed by atoms with Crippen LogP contribution in [0.2, 0.25) is 0 Å². The number of carbonyl (C=O) groups excluding carboxylic acids is 1. The summed E-state index contributed by atoms with van der Waals surface area (Å²) in [5, 5.41) is 3.93. The van der Waals surface area contributed by atoms with Crippen LogP contribution in [0, 0.1) is 11.8 Å². The zero-order valence-corrected chi connectivity index (χ0v) is 11.9.